The summed E-state index contributed by atoms with van der Waals surface area (Å²) < 4.78 is 5.36. The van der Waals surface area contributed by atoms with Crippen molar-refractivity contribution < 1.29 is 14.3 Å². The molecule has 6 nitrogen and oxygen atoms in total. The molecule has 126 valence electrons. The maximum Gasteiger partial charge on any atom is 0.319 e. The smallest absolute Gasteiger partial charge is 0.319 e. The first kappa shape index (κ1) is 17.3. The molecule has 1 saturated heterocycles. The predicted octanol–water partition coefficient (Wildman–Crippen LogP) is 2.47. The van der Waals surface area contributed by atoms with Crippen LogP contribution in [-0.4, -0.2) is 48.2 Å². The van der Waals surface area contributed by atoms with Crippen molar-refractivity contribution in [2.75, 3.05) is 25.1 Å². The van der Waals surface area contributed by atoms with Crippen molar-refractivity contribution in [1.29, 1.82) is 0 Å². The second-order valence-electron chi connectivity index (χ2n) is 6.83. The molecule has 1 aliphatic rings. The molecule has 1 unspecified atom stereocenters. The van der Waals surface area contributed by atoms with Gasteiger partial charge in [-0.05, 0) is 45.9 Å². The summed E-state index contributed by atoms with van der Waals surface area (Å²) in [6.07, 6.45) is 0. The minimum atomic E-state index is -0.319. The fraction of sp³-hybridized carbons (Fsp3) is 0.529. The number of ether oxygens (including phenoxy) is 1. The van der Waals surface area contributed by atoms with E-state index in [4.69, 9.17) is 4.74 Å². The zero-order valence-electron chi connectivity index (χ0n) is 14.2. The Morgan fingerprint density at radius 2 is 2.04 bits per heavy atom. The van der Waals surface area contributed by atoms with Crippen LogP contribution in [0.25, 0.3) is 0 Å². The molecule has 3 amide bonds. The highest BCUT2D eigenvalue weighted by atomic mass is 16.5. The molecule has 1 atom stereocenters. The lowest BCUT2D eigenvalue weighted by Gasteiger charge is -2.33. The van der Waals surface area contributed by atoms with Crippen LogP contribution in [0.2, 0.25) is 0 Å². The third kappa shape index (κ3) is 4.96. The third-order valence-electron chi connectivity index (χ3n) is 3.48. The number of hydrogen-bond acceptors (Lipinski definition) is 3. The molecule has 0 saturated carbocycles. The van der Waals surface area contributed by atoms with Crippen LogP contribution in [0.15, 0.2) is 24.3 Å². The summed E-state index contributed by atoms with van der Waals surface area (Å²) in [4.78, 5) is 26.4. The summed E-state index contributed by atoms with van der Waals surface area (Å²) in [6, 6.07) is 6.76. The number of urea groups is 1. The number of rotatable bonds is 2. The van der Waals surface area contributed by atoms with Gasteiger partial charge in [0.25, 0.3) is 5.91 Å². The van der Waals surface area contributed by atoms with Gasteiger partial charge in [0, 0.05) is 23.3 Å². The average molecular weight is 319 g/mol. The molecule has 6 heteroatoms. The van der Waals surface area contributed by atoms with Crippen LogP contribution in [0, 0.1) is 0 Å². The lowest BCUT2D eigenvalue weighted by atomic mass is 10.1. The number of benzene rings is 1. The molecular weight excluding hydrogens is 294 g/mol. The molecule has 2 N–H and O–H groups in total. The minimum absolute atomic E-state index is 0.0410. The molecule has 23 heavy (non-hydrogen) atoms. The fourth-order valence-electron chi connectivity index (χ4n) is 2.43. The highest BCUT2D eigenvalue weighted by Gasteiger charge is 2.25. The molecule has 1 fully saturated rings. The molecule has 1 aromatic carbocycles. The van der Waals surface area contributed by atoms with Gasteiger partial charge in [-0.1, -0.05) is 6.07 Å². The molecule has 0 aliphatic carbocycles. The maximum atomic E-state index is 12.6. The van der Waals surface area contributed by atoms with E-state index in [2.05, 4.69) is 10.6 Å². The zero-order chi connectivity index (χ0) is 17.0. The van der Waals surface area contributed by atoms with Crippen LogP contribution in [0.3, 0.4) is 0 Å². The number of anilines is 1. The van der Waals surface area contributed by atoms with Gasteiger partial charge in [0.1, 0.15) is 0 Å². The SMILES string of the molecule is CC1COCCN1C(=O)c1cccc(NC(=O)NC(C)(C)C)c1. The molecule has 2 rings (SSSR count). The van der Waals surface area contributed by atoms with Gasteiger partial charge >= 0.3 is 6.03 Å². The molecule has 0 spiro atoms. The Bertz CT molecular complexity index is 581. The van der Waals surface area contributed by atoms with Gasteiger partial charge in [0.15, 0.2) is 0 Å². The van der Waals surface area contributed by atoms with Crippen molar-refractivity contribution in [3.63, 3.8) is 0 Å². The van der Waals surface area contributed by atoms with Crippen LogP contribution in [-0.2, 0) is 4.74 Å². The van der Waals surface area contributed by atoms with Crippen LogP contribution in [0.1, 0.15) is 38.1 Å². The Hall–Kier alpha value is -2.08. The second-order valence-corrected chi connectivity index (χ2v) is 6.83. The Labute approximate surface area is 137 Å². The van der Waals surface area contributed by atoms with Gasteiger partial charge in [-0.15, -0.1) is 0 Å². The van der Waals surface area contributed by atoms with Crippen molar-refractivity contribution in [1.82, 2.24) is 10.2 Å². The normalized spacial score (nSPS) is 18.4. The first-order valence-electron chi connectivity index (χ1n) is 7.84. The number of nitrogens with zero attached hydrogens (tertiary/aromatic N) is 1. The van der Waals surface area contributed by atoms with Crippen molar-refractivity contribution in [2.45, 2.75) is 39.3 Å². The fourth-order valence-corrected chi connectivity index (χ4v) is 2.43. The van der Waals surface area contributed by atoms with Gasteiger partial charge in [-0.25, -0.2) is 4.79 Å². The zero-order valence-corrected chi connectivity index (χ0v) is 14.2. The first-order chi connectivity index (χ1) is 10.8. The Morgan fingerprint density at radius 1 is 1.30 bits per heavy atom. The lowest BCUT2D eigenvalue weighted by molar-refractivity contribution is 0.00360. The third-order valence-corrected chi connectivity index (χ3v) is 3.48. The molecule has 0 aromatic heterocycles. The van der Waals surface area contributed by atoms with E-state index in [1.807, 2.05) is 27.7 Å². The number of morpholine rings is 1. The Kier molecular flexibility index (Phi) is 5.26. The second kappa shape index (κ2) is 7.00. The highest BCUT2D eigenvalue weighted by molar-refractivity contribution is 5.97. The molecule has 1 heterocycles. The van der Waals surface area contributed by atoms with E-state index >= 15 is 0 Å². The van der Waals surface area contributed by atoms with Crippen LogP contribution in [0.5, 0.6) is 0 Å². The molecular formula is C17H25N3O3. The molecule has 1 aromatic rings. The Morgan fingerprint density at radius 3 is 2.70 bits per heavy atom. The summed E-state index contributed by atoms with van der Waals surface area (Å²) in [5, 5.41) is 5.59. The number of hydrogen-bond donors (Lipinski definition) is 2. The van der Waals surface area contributed by atoms with Crippen molar-refractivity contribution in [2.24, 2.45) is 0 Å². The van der Waals surface area contributed by atoms with Crippen molar-refractivity contribution >= 4 is 17.6 Å². The topological polar surface area (TPSA) is 70.7 Å². The Balaban J connectivity index is 2.07. The molecule has 1 aliphatic heterocycles. The quantitative estimate of drug-likeness (QED) is 0.880. The van der Waals surface area contributed by atoms with Gasteiger partial charge in [0.05, 0.1) is 19.3 Å². The number of nitrogens with one attached hydrogen (secondary N) is 2. The van der Waals surface area contributed by atoms with E-state index in [0.717, 1.165) is 0 Å². The predicted molar refractivity (Wildman–Crippen MR) is 89.7 cm³/mol. The van der Waals surface area contributed by atoms with E-state index in [-0.39, 0.29) is 23.5 Å². The monoisotopic (exact) mass is 319 g/mol. The van der Waals surface area contributed by atoms with Gasteiger partial charge < -0.3 is 20.3 Å². The molecule has 0 bridgehead atoms. The summed E-state index contributed by atoms with van der Waals surface area (Å²) >= 11 is 0. The highest BCUT2D eigenvalue weighted by Crippen LogP contribution is 2.16. The summed E-state index contributed by atoms with van der Waals surface area (Å²) in [6.45, 7) is 9.39. The summed E-state index contributed by atoms with van der Waals surface area (Å²) in [7, 11) is 0. The number of amides is 3. The van der Waals surface area contributed by atoms with E-state index in [1.165, 1.54) is 0 Å². The van der Waals surface area contributed by atoms with E-state index in [0.29, 0.717) is 31.0 Å². The van der Waals surface area contributed by atoms with Crippen LogP contribution >= 0.6 is 0 Å². The summed E-state index contributed by atoms with van der Waals surface area (Å²) in [5.41, 5.74) is 0.839. The number of carbonyl (C=O) groups is 2. The maximum absolute atomic E-state index is 12.6. The van der Waals surface area contributed by atoms with Gasteiger partial charge in [-0.2, -0.15) is 0 Å². The average Bonchev–Trinajstić information content (AvgIpc) is 2.45. The number of carbonyl (C=O) groups excluding carboxylic acids is 2. The minimum Gasteiger partial charge on any atom is -0.377 e. The largest absolute Gasteiger partial charge is 0.377 e. The standard InChI is InChI=1S/C17H25N3O3/c1-12-11-23-9-8-20(12)15(21)13-6-5-7-14(10-13)18-16(22)19-17(2,3)4/h5-7,10,12H,8-9,11H2,1-4H3,(H2,18,19,22). The lowest BCUT2D eigenvalue weighted by Crippen LogP contribution is -2.47. The van der Waals surface area contributed by atoms with E-state index in [1.54, 1.807) is 29.2 Å². The van der Waals surface area contributed by atoms with Gasteiger partial charge in [-0.3, -0.25) is 4.79 Å². The summed E-state index contributed by atoms with van der Waals surface area (Å²) in [5.74, 6) is -0.0410. The van der Waals surface area contributed by atoms with Crippen molar-refractivity contribution in [3.8, 4) is 0 Å². The van der Waals surface area contributed by atoms with E-state index in [9.17, 15) is 9.59 Å². The van der Waals surface area contributed by atoms with Crippen molar-refractivity contribution in [3.05, 3.63) is 29.8 Å². The van der Waals surface area contributed by atoms with E-state index < -0.39 is 0 Å². The molecule has 0 radical (unpaired) electrons. The van der Waals surface area contributed by atoms with Gasteiger partial charge in [0.2, 0.25) is 0 Å². The van der Waals surface area contributed by atoms with Crippen LogP contribution in [0.4, 0.5) is 10.5 Å². The van der Waals surface area contributed by atoms with Crippen LogP contribution < -0.4 is 10.6 Å². The first-order valence-corrected chi connectivity index (χ1v) is 7.84.